The van der Waals surface area contributed by atoms with Crippen molar-refractivity contribution in [1.29, 1.82) is 0 Å². The Morgan fingerprint density at radius 1 is 0.361 bits per heavy atom. The largest absolute Gasteiger partial charge is 0.462 e. The first-order valence-corrected chi connectivity index (χ1v) is 24.1. The molecule has 6 nitrogen and oxygen atoms in total. The minimum Gasteiger partial charge on any atom is -0.462 e. The van der Waals surface area contributed by atoms with Crippen LogP contribution >= 0.6 is 0 Å². The third-order valence-electron chi connectivity index (χ3n) is 9.51. The molecular formula is C55H86O6. The maximum absolute atomic E-state index is 12.7. The number of carbonyl (C=O) groups excluding carboxylic acids is 3. The fourth-order valence-corrected chi connectivity index (χ4v) is 5.94. The van der Waals surface area contributed by atoms with E-state index in [0.717, 1.165) is 96.3 Å². The Morgan fingerprint density at radius 2 is 0.770 bits per heavy atom. The van der Waals surface area contributed by atoms with Gasteiger partial charge in [-0.1, -0.05) is 194 Å². The van der Waals surface area contributed by atoms with Crippen LogP contribution in [0.1, 0.15) is 188 Å². The van der Waals surface area contributed by atoms with Gasteiger partial charge in [0.25, 0.3) is 0 Å². The Kier molecular flexibility index (Phi) is 45.1. The topological polar surface area (TPSA) is 78.9 Å². The highest BCUT2D eigenvalue weighted by atomic mass is 16.6. The molecule has 1 unspecified atom stereocenters. The van der Waals surface area contributed by atoms with Crippen LogP contribution in [0.4, 0.5) is 0 Å². The number of carbonyl (C=O) groups is 3. The molecule has 0 aliphatic heterocycles. The van der Waals surface area contributed by atoms with Gasteiger partial charge in [0.2, 0.25) is 0 Å². The van der Waals surface area contributed by atoms with Gasteiger partial charge in [-0.2, -0.15) is 0 Å². The number of rotatable bonds is 41. The first-order chi connectivity index (χ1) is 30.0. The molecule has 1 atom stereocenters. The molecule has 0 aromatic heterocycles. The van der Waals surface area contributed by atoms with Gasteiger partial charge < -0.3 is 14.2 Å². The van der Waals surface area contributed by atoms with E-state index < -0.39 is 6.10 Å². The summed E-state index contributed by atoms with van der Waals surface area (Å²) in [6.07, 6.45) is 66.3. The minimum atomic E-state index is -0.836. The smallest absolute Gasteiger partial charge is 0.306 e. The van der Waals surface area contributed by atoms with E-state index in [1.807, 2.05) is 12.2 Å². The summed E-state index contributed by atoms with van der Waals surface area (Å²) in [6.45, 7) is 6.23. The SMILES string of the molecule is CC\C=C/C=C\C=C/CCCCCCCC(=O)OC(COC(=O)CC/C=C\C/C=C\CCCCCCCC)COC(=O)CCC/C=C\C/C=C\C/C=C\C/C=C\C/C=C\CC. The van der Waals surface area contributed by atoms with E-state index in [4.69, 9.17) is 14.2 Å². The van der Waals surface area contributed by atoms with Gasteiger partial charge in [-0.25, -0.2) is 0 Å². The summed E-state index contributed by atoms with van der Waals surface area (Å²) in [5, 5.41) is 0. The van der Waals surface area contributed by atoms with Crippen LogP contribution in [0.3, 0.4) is 0 Å². The van der Waals surface area contributed by atoms with Gasteiger partial charge >= 0.3 is 17.9 Å². The predicted octanol–water partition coefficient (Wildman–Crippen LogP) is 15.7. The average molecular weight is 843 g/mol. The molecule has 0 saturated heterocycles. The molecule has 0 amide bonds. The van der Waals surface area contributed by atoms with E-state index in [0.29, 0.717) is 12.8 Å². The van der Waals surface area contributed by atoms with Crippen LogP contribution in [0.25, 0.3) is 0 Å². The molecule has 0 spiro atoms. The normalized spacial score (nSPS) is 13.2. The Labute approximate surface area is 373 Å². The lowest BCUT2D eigenvalue weighted by atomic mass is 10.1. The molecule has 0 aliphatic rings. The number of ether oxygens (including phenoxy) is 3. The zero-order chi connectivity index (χ0) is 44.4. The van der Waals surface area contributed by atoms with Gasteiger partial charge in [0.05, 0.1) is 0 Å². The lowest BCUT2D eigenvalue weighted by Crippen LogP contribution is -2.30. The monoisotopic (exact) mass is 843 g/mol. The zero-order valence-corrected chi connectivity index (χ0v) is 38.9. The molecule has 342 valence electrons. The first-order valence-electron chi connectivity index (χ1n) is 24.1. The molecule has 61 heavy (non-hydrogen) atoms. The summed E-state index contributed by atoms with van der Waals surface area (Å²) >= 11 is 0. The van der Waals surface area contributed by atoms with Gasteiger partial charge in [-0.05, 0) is 96.3 Å². The van der Waals surface area contributed by atoms with E-state index >= 15 is 0 Å². The Balaban J connectivity index is 4.59. The highest BCUT2D eigenvalue weighted by molar-refractivity contribution is 5.71. The van der Waals surface area contributed by atoms with Crippen LogP contribution in [0.2, 0.25) is 0 Å². The maximum atomic E-state index is 12.7. The van der Waals surface area contributed by atoms with Crippen molar-refractivity contribution in [2.75, 3.05) is 13.2 Å². The summed E-state index contributed by atoms with van der Waals surface area (Å²) in [4.78, 5) is 37.8. The van der Waals surface area contributed by atoms with Crippen molar-refractivity contribution in [3.05, 3.63) is 122 Å². The average Bonchev–Trinajstić information content (AvgIpc) is 3.26. The standard InChI is InChI=1S/C55H86O6/c1-4-7-10-13-16-19-22-25-26-27-28-31-33-36-39-42-45-48-54(57)60-51-52(61-55(58)49-46-43-40-37-34-30-24-21-18-15-12-9-6-3)50-59-53(56)47-44-41-38-35-32-29-23-20-17-14-11-8-5-2/h7,9-10,12,15-16,18-19,21,24-26,28-29,31-32,36,38-39,41,52H,4-6,8,11,13-14,17,20,22-23,27,30,33-35,37,40,42-51H2,1-3H3/b10-7-,12-9-,18-15-,19-16-,24-21-,26-25-,31-28-,32-29-,39-36-,41-38-. The van der Waals surface area contributed by atoms with Crippen LogP contribution < -0.4 is 0 Å². The second-order valence-electron chi connectivity index (χ2n) is 15.3. The molecule has 0 N–H and O–H groups in total. The summed E-state index contributed by atoms with van der Waals surface area (Å²) in [5.41, 5.74) is 0. The van der Waals surface area contributed by atoms with E-state index in [-0.39, 0.29) is 50.4 Å². The van der Waals surface area contributed by atoms with Crippen molar-refractivity contribution >= 4 is 17.9 Å². The molecule has 0 heterocycles. The third-order valence-corrected chi connectivity index (χ3v) is 9.51. The number of esters is 3. The van der Waals surface area contributed by atoms with E-state index in [9.17, 15) is 14.4 Å². The molecule has 0 radical (unpaired) electrons. The van der Waals surface area contributed by atoms with Gasteiger partial charge in [0, 0.05) is 19.3 Å². The fraction of sp³-hybridized carbons (Fsp3) is 0.582. The minimum absolute atomic E-state index is 0.137. The van der Waals surface area contributed by atoms with E-state index in [1.54, 1.807) is 0 Å². The van der Waals surface area contributed by atoms with E-state index in [1.165, 1.54) is 38.5 Å². The highest BCUT2D eigenvalue weighted by Gasteiger charge is 2.19. The third kappa shape index (κ3) is 46.7. The molecule has 0 fully saturated rings. The van der Waals surface area contributed by atoms with Crippen LogP contribution in [0.15, 0.2) is 122 Å². The summed E-state index contributed by atoms with van der Waals surface area (Å²) in [7, 11) is 0. The summed E-state index contributed by atoms with van der Waals surface area (Å²) in [6, 6.07) is 0. The van der Waals surface area contributed by atoms with Gasteiger partial charge in [-0.3, -0.25) is 14.4 Å². The van der Waals surface area contributed by atoms with Crippen LogP contribution in [-0.4, -0.2) is 37.2 Å². The molecule has 0 bridgehead atoms. The van der Waals surface area contributed by atoms with Crippen molar-refractivity contribution in [3.63, 3.8) is 0 Å². The molecule has 0 aromatic carbocycles. The van der Waals surface area contributed by atoms with Gasteiger partial charge in [-0.15, -0.1) is 0 Å². The van der Waals surface area contributed by atoms with Crippen molar-refractivity contribution in [2.24, 2.45) is 0 Å². The van der Waals surface area contributed by atoms with Crippen molar-refractivity contribution < 1.29 is 28.6 Å². The second-order valence-corrected chi connectivity index (χ2v) is 15.3. The van der Waals surface area contributed by atoms with Crippen LogP contribution in [0, 0.1) is 0 Å². The fourth-order valence-electron chi connectivity index (χ4n) is 5.94. The molecule has 6 heteroatoms. The lowest BCUT2D eigenvalue weighted by molar-refractivity contribution is -0.166. The summed E-state index contributed by atoms with van der Waals surface area (Å²) in [5.74, 6) is -1.09. The number of unbranched alkanes of at least 4 members (excludes halogenated alkanes) is 12. The zero-order valence-electron chi connectivity index (χ0n) is 38.9. The Morgan fingerprint density at radius 3 is 1.33 bits per heavy atom. The van der Waals surface area contributed by atoms with Crippen molar-refractivity contribution in [3.8, 4) is 0 Å². The molecule has 0 rings (SSSR count). The van der Waals surface area contributed by atoms with Gasteiger partial charge in [0.1, 0.15) is 13.2 Å². The predicted molar refractivity (Wildman–Crippen MR) is 260 cm³/mol. The van der Waals surface area contributed by atoms with Crippen molar-refractivity contribution in [2.45, 2.75) is 194 Å². The van der Waals surface area contributed by atoms with Gasteiger partial charge in [0.15, 0.2) is 6.10 Å². The molecule has 0 aromatic rings. The number of allylic oxidation sites excluding steroid dienone is 20. The number of hydrogen-bond acceptors (Lipinski definition) is 6. The van der Waals surface area contributed by atoms with Crippen molar-refractivity contribution in [1.82, 2.24) is 0 Å². The molecule has 0 saturated carbocycles. The second kappa shape index (κ2) is 48.5. The summed E-state index contributed by atoms with van der Waals surface area (Å²) < 4.78 is 16.6. The maximum Gasteiger partial charge on any atom is 0.306 e. The lowest BCUT2D eigenvalue weighted by Gasteiger charge is -2.18. The highest BCUT2D eigenvalue weighted by Crippen LogP contribution is 2.11. The Bertz CT molecular complexity index is 1340. The molecular weight excluding hydrogens is 757 g/mol. The van der Waals surface area contributed by atoms with Crippen LogP contribution in [0.5, 0.6) is 0 Å². The first kappa shape index (κ1) is 56.8. The Hall–Kier alpha value is -4.19. The molecule has 0 aliphatic carbocycles. The van der Waals surface area contributed by atoms with E-state index in [2.05, 4.69) is 130 Å². The number of hydrogen-bond donors (Lipinski definition) is 0. The van der Waals surface area contributed by atoms with Crippen LogP contribution in [-0.2, 0) is 28.6 Å². The quantitative estimate of drug-likeness (QED) is 0.0201.